The fourth-order valence-electron chi connectivity index (χ4n) is 3.78. The fourth-order valence-corrected chi connectivity index (χ4v) is 4.26. The van der Waals surface area contributed by atoms with E-state index in [0.29, 0.717) is 12.1 Å². The summed E-state index contributed by atoms with van der Waals surface area (Å²) in [5.41, 5.74) is 3.55. The molecule has 1 N–H and O–H groups in total. The van der Waals surface area contributed by atoms with Gasteiger partial charge in [0.1, 0.15) is 9.84 Å². The van der Waals surface area contributed by atoms with Crippen molar-refractivity contribution in [2.45, 2.75) is 6.54 Å². The maximum Gasteiger partial charge on any atom is 0.254 e. The number of pyridine rings is 1. The number of nitrogens with zero attached hydrogens (tertiary/aromatic N) is 2. The molecule has 2 amide bonds. The Bertz CT molecular complexity index is 1330. The molecule has 1 aromatic heterocycles. The minimum Gasteiger partial charge on any atom is -0.351 e. The maximum absolute atomic E-state index is 13.0. The van der Waals surface area contributed by atoms with Crippen LogP contribution >= 0.6 is 0 Å². The molecule has 1 aliphatic heterocycles. The SMILES string of the molecule is C=C(CN1Cc2c(ccc3ccc(-c4ccccn4)cc23)C1=O)C(=O)NCCS(C)(=O)=O. The van der Waals surface area contributed by atoms with E-state index in [1.165, 1.54) is 0 Å². The zero-order valence-corrected chi connectivity index (χ0v) is 18.5. The Balaban J connectivity index is 1.53. The minimum absolute atomic E-state index is 0.00575. The molecule has 8 heteroatoms. The molecule has 4 rings (SSSR count). The normalized spacial score (nSPS) is 13.3. The number of amides is 2. The molecule has 0 saturated heterocycles. The number of carbonyl (C=O) groups is 2. The molecule has 0 bridgehead atoms. The predicted molar refractivity (Wildman–Crippen MR) is 124 cm³/mol. The molecule has 0 radical (unpaired) electrons. The van der Waals surface area contributed by atoms with Gasteiger partial charge in [0, 0.05) is 42.2 Å². The zero-order valence-electron chi connectivity index (χ0n) is 17.7. The van der Waals surface area contributed by atoms with Gasteiger partial charge in [-0.25, -0.2) is 8.42 Å². The highest BCUT2D eigenvalue weighted by Crippen LogP contribution is 2.33. The average molecular weight is 450 g/mol. The summed E-state index contributed by atoms with van der Waals surface area (Å²) in [5, 5.41) is 4.54. The van der Waals surface area contributed by atoms with Crippen molar-refractivity contribution in [3.63, 3.8) is 0 Å². The first-order valence-electron chi connectivity index (χ1n) is 10.1. The van der Waals surface area contributed by atoms with Crippen LogP contribution in [0, 0.1) is 0 Å². The summed E-state index contributed by atoms with van der Waals surface area (Å²) >= 11 is 0. The second kappa shape index (κ2) is 8.55. The van der Waals surface area contributed by atoms with E-state index in [1.54, 1.807) is 11.1 Å². The van der Waals surface area contributed by atoms with Crippen molar-refractivity contribution in [2.24, 2.45) is 0 Å². The summed E-state index contributed by atoms with van der Waals surface area (Å²) in [6.45, 7) is 4.23. The zero-order chi connectivity index (χ0) is 22.9. The number of fused-ring (bicyclic) bond motifs is 3. The number of nitrogens with one attached hydrogen (secondary N) is 1. The van der Waals surface area contributed by atoms with Crippen LogP contribution in [0.15, 0.2) is 66.9 Å². The lowest BCUT2D eigenvalue weighted by Crippen LogP contribution is -2.35. The van der Waals surface area contributed by atoms with Gasteiger partial charge in [0.15, 0.2) is 0 Å². The molecule has 3 aromatic rings. The minimum atomic E-state index is -3.17. The summed E-state index contributed by atoms with van der Waals surface area (Å²) in [6.07, 6.45) is 2.85. The third-order valence-corrected chi connectivity index (χ3v) is 6.37. The Morgan fingerprint density at radius 1 is 1.19 bits per heavy atom. The third kappa shape index (κ3) is 4.55. The van der Waals surface area contributed by atoms with Crippen molar-refractivity contribution < 1.29 is 18.0 Å². The summed E-state index contributed by atoms with van der Waals surface area (Å²) in [6, 6.07) is 15.5. The Morgan fingerprint density at radius 3 is 2.69 bits per heavy atom. The maximum atomic E-state index is 13.0. The molecule has 32 heavy (non-hydrogen) atoms. The fraction of sp³-hybridized carbons (Fsp3) is 0.208. The molecule has 164 valence electrons. The van der Waals surface area contributed by atoms with Crippen molar-refractivity contribution in [1.82, 2.24) is 15.2 Å². The van der Waals surface area contributed by atoms with Gasteiger partial charge in [-0.1, -0.05) is 30.8 Å². The monoisotopic (exact) mass is 449 g/mol. The largest absolute Gasteiger partial charge is 0.351 e. The van der Waals surface area contributed by atoms with Gasteiger partial charge >= 0.3 is 0 Å². The predicted octanol–water partition coefficient (Wildman–Crippen LogP) is 2.57. The van der Waals surface area contributed by atoms with Gasteiger partial charge < -0.3 is 10.2 Å². The van der Waals surface area contributed by atoms with Crippen molar-refractivity contribution >= 4 is 32.4 Å². The number of aromatic nitrogens is 1. The van der Waals surface area contributed by atoms with Crippen molar-refractivity contribution in [3.05, 3.63) is 78.0 Å². The lowest BCUT2D eigenvalue weighted by atomic mass is 9.98. The van der Waals surface area contributed by atoms with Crippen LogP contribution in [0.25, 0.3) is 22.0 Å². The van der Waals surface area contributed by atoms with Gasteiger partial charge in [-0.3, -0.25) is 14.6 Å². The molecule has 0 atom stereocenters. The van der Waals surface area contributed by atoms with Gasteiger partial charge in [-0.2, -0.15) is 0 Å². The molecule has 0 saturated carbocycles. The molecule has 7 nitrogen and oxygen atoms in total. The molecule has 2 heterocycles. The van der Waals surface area contributed by atoms with Crippen LogP contribution in [0.5, 0.6) is 0 Å². The first kappa shape index (κ1) is 21.7. The van der Waals surface area contributed by atoms with Gasteiger partial charge in [0.25, 0.3) is 5.91 Å². The van der Waals surface area contributed by atoms with Crippen LogP contribution in [-0.4, -0.2) is 55.2 Å². The summed E-state index contributed by atoms with van der Waals surface area (Å²) in [7, 11) is -3.17. The van der Waals surface area contributed by atoms with E-state index in [1.807, 2.05) is 48.5 Å². The molecule has 0 spiro atoms. The number of benzene rings is 2. The molecule has 2 aromatic carbocycles. The summed E-state index contributed by atoms with van der Waals surface area (Å²) in [4.78, 5) is 31.2. The Kier molecular flexibility index (Phi) is 5.80. The third-order valence-electron chi connectivity index (χ3n) is 5.42. The Morgan fingerprint density at radius 2 is 1.97 bits per heavy atom. The van der Waals surface area contributed by atoms with E-state index in [2.05, 4.69) is 16.9 Å². The number of hydrogen-bond acceptors (Lipinski definition) is 5. The summed E-state index contributed by atoms with van der Waals surface area (Å²) in [5.74, 6) is -0.764. The number of hydrogen-bond donors (Lipinski definition) is 1. The van der Waals surface area contributed by atoms with E-state index in [9.17, 15) is 18.0 Å². The van der Waals surface area contributed by atoms with Crippen LogP contribution in [-0.2, 0) is 21.2 Å². The average Bonchev–Trinajstić information content (AvgIpc) is 3.08. The number of rotatable bonds is 7. The van der Waals surface area contributed by atoms with E-state index >= 15 is 0 Å². The van der Waals surface area contributed by atoms with E-state index in [-0.39, 0.29) is 30.3 Å². The second-order valence-corrected chi connectivity index (χ2v) is 10.2. The highest BCUT2D eigenvalue weighted by molar-refractivity contribution is 7.90. The van der Waals surface area contributed by atoms with Crippen LogP contribution in [0.4, 0.5) is 0 Å². The smallest absolute Gasteiger partial charge is 0.254 e. The number of carbonyl (C=O) groups excluding carboxylic acids is 2. The van der Waals surface area contributed by atoms with Gasteiger partial charge in [0.2, 0.25) is 5.91 Å². The molecular formula is C24H23N3O4S. The number of sulfone groups is 1. The van der Waals surface area contributed by atoms with E-state index in [0.717, 1.165) is 33.8 Å². The summed E-state index contributed by atoms with van der Waals surface area (Å²) < 4.78 is 22.4. The molecule has 0 fully saturated rings. The second-order valence-electron chi connectivity index (χ2n) is 7.89. The Labute approximate surface area is 186 Å². The standard InChI is InChI=1S/C24H23N3O4S/c1-16(23(28)26-11-12-32(2,30)31)14-27-15-21-19(24(27)29)9-8-17-6-7-18(13-20(17)21)22-5-3-4-10-25-22/h3-10,13H,1,11-12,14-15H2,2H3,(H,26,28). The van der Waals surface area contributed by atoms with Crippen LogP contribution < -0.4 is 5.32 Å². The first-order valence-corrected chi connectivity index (χ1v) is 12.2. The van der Waals surface area contributed by atoms with Crippen molar-refractivity contribution in [1.29, 1.82) is 0 Å². The van der Waals surface area contributed by atoms with Crippen LogP contribution in [0.3, 0.4) is 0 Å². The molecule has 0 aliphatic carbocycles. The van der Waals surface area contributed by atoms with Crippen molar-refractivity contribution in [3.8, 4) is 11.3 Å². The molecule has 1 aliphatic rings. The Hall–Kier alpha value is -3.52. The topological polar surface area (TPSA) is 96.4 Å². The van der Waals surface area contributed by atoms with E-state index in [4.69, 9.17) is 0 Å². The van der Waals surface area contributed by atoms with Gasteiger partial charge in [0.05, 0.1) is 18.0 Å². The quantitative estimate of drug-likeness (QED) is 0.559. The molecule has 0 unspecified atom stereocenters. The first-order chi connectivity index (χ1) is 15.2. The van der Waals surface area contributed by atoms with Gasteiger partial charge in [-0.05, 0) is 40.6 Å². The highest BCUT2D eigenvalue weighted by Gasteiger charge is 2.30. The lowest BCUT2D eigenvalue weighted by molar-refractivity contribution is -0.117. The van der Waals surface area contributed by atoms with Gasteiger partial charge in [-0.15, -0.1) is 0 Å². The van der Waals surface area contributed by atoms with E-state index < -0.39 is 15.7 Å². The lowest BCUT2D eigenvalue weighted by Gasteiger charge is -2.17. The van der Waals surface area contributed by atoms with Crippen LogP contribution in [0.2, 0.25) is 0 Å². The highest BCUT2D eigenvalue weighted by atomic mass is 32.2. The van der Waals surface area contributed by atoms with Crippen LogP contribution in [0.1, 0.15) is 15.9 Å². The van der Waals surface area contributed by atoms with Crippen molar-refractivity contribution in [2.75, 3.05) is 25.1 Å². The molecular weight excluding hydrogens is 426 g/mol.